The average molecular weight is 163 g/mol. The summed E-state index contributed by atoms with van der Waals surface area (Å²) in [6, 6.07) is 7.10. The molecule has 1 aromatic carbocycles. The third-order valence-corrected chi connectivity index (χ3v) is 1.84. The Hall–Kier alpha value is -1.64. The fourth-order valence-corrected chi connectivity index (χ4v) is 1.25. The lowest BCUT2D eigenvalue weighted by Gasteiger charge is -2.01. The van der Waals surface area contributed by atoms with Crippen LogP contribution < -0.4 is 4.84 Å². The van der Waals surface area contributed by atoms with Crippen LogP contribution in [0.4, 0.5) is 0 Å². The summed E-state index contributed by atoms with van der Waals surface area (Å²) in [7, 11) is 1.59. The van der Waals surface area contributed by atoms with Gasteiger partial charge in [0.1, 0.15) is 12.9 Å². The summed E-state index contributed by atoms with van der Waals surface area (Å²) in [5.74, 6) is 0.250. The van der Waals surface area contributed by atoms with E-state index in [-0.39, 0.29) is 5.75 Å². The Morgan fingerprint density at radius 3 is 2.92 bits per heavy atom. The first kappa shape index (κ1) is 7.03. The van der Waals surface area contributed by atoms with Crippen molar-refractivity contribution in [3.8, 4) is 5.75 Å². The van der Waals surface area contributed by atoms with Crippen LogP contribution in [0.5, 0.6) is 5.75 Å². The van der Waals surface area contributed by atoms with E-state index in [4.69, 9.17) is 4.84 Å². The zero-order valence-corrected chi connectivity index (χ0v) is 6.69. The van der Waals surface area contributed by atoms with E-state index in [1.807, 2.05) is 18.3 Å². The molecule has 0 unspecified atom stereocenters. The average Bonchev–Trinajstić information content (AvgIpc) is 2.46. The van der Waals surface area contributed by atoms with Crippen molar-refractivity contribution in [2.24, 2.45) is 0 Å². The number of phenols is 1. The maximum atomic E-state index is 9.20. The highest BCUT2D eigenvalue weighted by Gasteiger charge is 2.00. The number of hydrogen-bond donors (Lipinski definition) is 1. The second kappa shape index (κ2) is 2.44. The van der Waals surface area contributed by atoms with E-state index in [0.717, 1.165) is 10.9 Å². The molecule has 0 aliphatic rings. The van der Waals surface area contributed by atoms with E-state index >= 15 is 0 Å². The number of nitrogens with zero attached hydrogens (tertiary/aromatic N) is 1. The van der Waals surface area contributed by atoms with E-state index in [0.29, 0.717) is 0 Å². The van der Waals surface area contributed by atoms with Crippen molar-refractivity contribution in [3.63, 3.8) is 0 Å². The van der Waals surface area contributed by atoms with Gasteiger partial charge in [-0.05, 0) is 18.2 Å². The number of phenolic OH excluding ortho intramolecular Hbond substituents is 1. The summed E-state index contributed by atoms with van der Waals surface area (Å²) in [5.41, 5.74) is 0.873. The molecule has 0 radical (unpaired) electrons. The van der Waals surface area contributed by atoms with E-state index in [9.17, 15) is 5.11 Å². The maximum Gasteiger partial charge on any atom is 0.117 e. The van der Waals surface area contributed by atoms with Gasteiger partial charge in [-0.25, -0.2) is 0 Å². The van der Waals surface area contributed by atoms with Crippen molar-refractivity contribution >= 4 is 10.9 Å². The molecule has 62 valence electrons. The van der Waals surface area contributed by atoms with Crippen molar-refractivity contribution in [3.05, 3.63) is 30.5 Å². The molecule has 1 heterocycles. The van der Waals surface area contributed by atoms with Crippen LogP contribution in [0.3, 0.4) is 0 Å². The van der Waals surface area contributed by atoms with Gasteiger partial charge in [-0.15, -0.1) is 0 Å². The van der Waals surface area contributed by atoms with Crippen LogP contribution in [0.2, 0.25) is 0 Å². The van der Waals surface area contributed by atoms with Gasteiger partial charge in [-0.1, -0.05) is 0 Å². The fourth-order valence-electron chi connectivity index (χ4n) is 1.25. The molecule has 0 aliphatic heterocycles. The Balaban J connectivity index is 2.75. The van der Waals surface area contributed by atoms with Gasteiger partial charge in [0.25, 0.3) is 0 Å². The number of aromatic nitrogens is 1. The van der Waals surface area contributed by atoms with Gasteiger partial charge in [0, 0.05) is 17.6 Å². The zero-order chi connectivity index (χ0) is 8.55. The third kappa shape index (κ3) is 0.906. The number of fused-ring (bicyclic) bond motifs is 1. The van der Waals surface area contributed by atoms with Crippen molar-refractivity contribution < 1.29 is 9.94 Å². The summed E-state index contributed by atoms with van der Waals surface area (Å²) in [6.45, 7) is 0. The molecule has 2 rings (SSSR count). The molecule has 12 heavy (non-hydrogen) atoms. The monoisotopic (exact) mass is 163 g/mol. The predicted octanol–water partition coefficient (Wildman–Crippen LogP) is 1.41. The topological polar surface area (TPSA) is 34.4 Å². The first-order valence-electron chi connectivity index (χ1n) is 3.66. The molecule has 1 aromatic heterocycles. The van der Waals surface area contributed by atoms with Crippen LogP contribution in [0.15, 0.2) is 30.5 Å². The van der Waals surface area contributed by atoms with Crippen LogP contribution in [-0.2, 0) is 0 Å². The Bertz CT molecular complexity index is 406. The predicted molar refractivity (Wildman–Crippen MR) is 46.1 cm³/mol. The first-order chi connectivity index (χ1) is 5.81. The SMILES string of the molecule is COn1ccc2ccc(O)cc21. The van der Waals surface area contributed by atoms with Gasteiger partial charge in [-0.3, -0.25) is 0 Å². The molecule has 0 amide bonds. The van der Waals surface area contributed by atoms with Crippen LogP contribution >= 0.6 is 0 Å². The van der Waals surface area contributed by atoms with Crippen molar-refractivity contribution in [1.82, 2.24) is 4.73 Å². The van der Waals surface area contributed by atoms with Gasteiger partial charge in [0.05, 0.1) is 5.52 Å². The van der Waals surface area contributed by atoms with Crippen molar-refractivity contribution in [1.29, 1.82) is 0 Å². The first-order valence-corrected chi connectivity index (χ1v) is 3.66. The van der Waals surface area contributed by atoms with Crippen LogP contribution in [0.1, 0.15) is 0 Å². The van der Waals surface area contributed by atoms with E-state index in [1.54, 1.807) is 24.0 Å². The Morgan fingerprint density at radius 1 is 1.33 bits per heavy atom. The molecular formula is C9H9NO2. The minimum atomic E-state index is 0.250. The number of benzene rings is 1. The van der Waals surface area contributed by atoms with Crippen molar-refractivity contribution in [2.45, 2.75) is 0 Å². The van der Waals surface area contributed by atoms with Crippen LogP contribution in [0.25, 0.3) is 10.9 Å². The molecule has 1 N–H and O–H groups in total. The Labute approximate surface area is 69.8 Å². The zero-order valence-electron chi connectivity index (χ0n) is 6.69. The molecule has 0 aliphatic carbocycles. The summed E-state index contributed by atoms with van der Waals surface area (Å²) >= 11 is 0. The lowest BCUT2D eigenvalue weighted by atomic mass is 10.2. The van der Waals surface area contributed by atoms with Gasteiger partial charge in [0.2, 0.25) is 0 Å². The summed E-state index contributed by atoms with van der Waals surface area (Å²) in [5, 5.41) is 10.3. The minimum Gasteiger partial charge on any atom is -0.508 e. The summed E-state index contributed by atoms with van der Waals surface area (Å²) < 4.78 is 1.61. The summed E-state index contributed by atoms with van der Waals surface area (Å²) in [4.78, 5) is 5.03. The minimum absolute atomic E-state index is 0.250. The van der Waals surface area contributed by atoms with Gasteiger partial charge in [-0.2, -0.15) is 4.73 Å². The Morgan fingerprint density at radius 2 is 2.17 bits per heavy atom. The molecular weight excluding hydrogens is 154 g/mol. The number of rotatable bonds is 1. The van der Waals surface area contributed by atoms with Gasteiger partial charge < -0.3 is 9.94 Å². The van der Waals surface area contributed by atoms with Crippen molar-refractivity contribution in [2.75, 3.05) is 7.11 Å². The molecule has 0 spiro atoms. The highest BCUT2D eigenvalue weighted by molar-refractivity contribution is 5.81. The maximum absolute atomic E-state index is 9.20. The number of aromatic hydroxyl groups is 1. The largest absolute Gasteiger partial charge is 0.508 e. The molecule has 0 bridgehead atoms. The standard InChI is InChI=1S/C9H9NO2/c1-12-10-5-4-7-2-3-8(11)6-9(7)10/h2-6,11H,1H3. The molecule has 0 saturated carbocycles. The fraction of sp³-hybridized carbons (Fsp3) is 0.111. The van der Waals surface area contributed by atoms with E-state index < -0.39 is 0 Å². The lowest BCUT2D eigenvalue weighted by molar-refractivity contribution is 0.179. The number of hydrogen-bond acceptors (Lipinski definition) is 2. The van der Waals surface area contributed by atoms with Gasteiger partial charge in [0.15, 0.2) is 0 Å². The molecule has 0 fully saturated rings. The molecule has 0 atom stereocenters. The third-order valence-electron chi connectivity index (χ3n) is 1.84. The normalized spacial score (nSPS) is 10.4. The van der Waals surface area contributed by atoms with Crippen LogP contribution in [0, 0.1) is 0 Å². The lowest BCUT2D eigenvalue weighted by Crippen LogP contribution is -2.02. The molecule has 2 aromatic rings. The highest BCUT2D eigenvalue weighted by Crippen LogP contribution is 2.19. The molecule has 0 saturated heterocycles. The summed E-state index contributed by atoms with van der Waals surface area (Å²) in [6.07, 6.45) is 1.81. The second-order valence-corrected chi connectivity index (χ2v) is 2.57. The van der Waals surface area contributed by atoms with Crippen LogP contribution in [-0.4, -0.2) is 16.9 Å². The highest BCUT2D eigenvalue weighted by atomic mass is 16.6. The molecule has 3 nitrogen and oxygen atoms in total. The molecule has 3 heteroatoms. The van der Waals surface area contributed by atoms with E-state index in [2.05, 4.69) is 0 Å². The van der Waals surface area contributed by atoms with E-state index in [1.165, 1.54) is 0 Å². The smallest absolute Gasteiger partial charge is 0.117 e. The van der Waals surface area contributed by atoms with Gasteiger partial charge >= 0.3 is 0 Å². The quantitative estimate of drug-likeness (QED) is 0.689. The Kier molecular flexibility index (Phi) is 1.43. The second-order valence-electron chi connectivity index (χ2n) is 2.57.